The number of amides is 2. The van der Waals surface area contributed by atoms with Crippen LogP contribution in [0.4, 0.5) is 0 Å². The van der Waals surface area contributed by atoms with Crippen molar-refractivity contribution in [2.75, 3.05) is 26.3 Å². The number of thioether (sulfide) groups is 1. The van der Waals surface area contributed by atoms with Crippen molar-refractivity contribution in [3.63, 3.8) is 0 Å². The highest BCUT2D eigenvalue weighted by atomic mass is 32.2. The number of hydrogen-bond donors (Lipinski definition) is 1. The Kier molecular flexibility index (Phi) is 6.49. The second-order valence-corrected chi connectivity index (χ2v) is 10.5. The monoisotopic (exact) mass is 448 g/mol. The third-order valence-corrected chi connectivity index (χ3v) is 8.56. The topological polar surface area (TPSA) is 87.2 Å². The van der Waals surface area contributed by atoms with Gasteiger partial charge in [-0.05, 0) is 39.5 Å². The molecule has 5 atom stereocenters. The zero-order valence-electron chi connectivity index (χ0n) is 18.2. The SMILES string of the molecule is CC(C)N1CC=C[C@]23S[C@H]4/C=C\CCCCOC(=O)[C@H]4[C@H]2C(=O)N(CCCO)C3C1=O. The number of aliphatic hydroxyl groups is 1. The number of allylic oxidation sites excluding steroid dienone is 1. The number of fused-ring (bicyclic) bond motifs is 2. The van der Waals surface area contributed by atoms with Crippen molar-refractivity contribution in [3.05, 3.63) is 24.3 Å². The van der Waals surface area contributed by atoms with E-state index in [9.17, 15) is 19.5 Å². The van der Waals surface area contributed by atoms with Gasteiger partial charge in [0.15, 0.2) is 0 Å². The molecule has 2 fully saturated rings. The van der Waals surface area contributed by atoms with Crippen LogP contribution in [0.15, 0.2) is 24.3 Å². The number of carbonyl (C=O) groups is 3. The van der Waals surface area contributed by atoms with Gasteiger partial charge in [-0.3, -0.25) is 14.4 Å². The predicted octanol–water partition coefficient (Wildman–Crippen LogP) is 1.76. The van der Waals surface area contributed by atoms with Gasteiger partial charge in [0.2, 0.25) is 11.8 Å². The van der Waals surface area contributed by atoms with Gasteiger partial charge in [0.05, 0.1) is 23.2 Å². The number of aliphatic hydroxyl groups excluding tert-OH is 1. The molecule has 31 heavy (non-hydrogen) atoms. The summed E-state index contributed by atoms with van der Waals surface area (Å²) in [7, 11) is 0. The molecule has 0 aromatic rings. The van der Waals surface area contributed by atoms with E-state index < -0.39 is 22.6 Å². The maximum Gasteiger partial charge on any atom is 0.311 e. The summed E-state index contributed by atoms with van der Waals surface area (Å²) in [5, 5.41) is 9.19. The first-order valence-corrected chi connectivity index (χ1v) is 12.2. The van der Waals surface area contributed by atoms with E-state index in [2.05, 4.69) is 6.08 Å². The number of nitrogens with zero attached hydrogens (tertiary/aromatic N) is 2. The molecule has 0 aromatic heterocycles. The molecule has 4 aliphatic heterocycles. The lowest BCUT2D eigenvalue weighted by Crippen LogP contribution is -2.54. The zero-order chi connectivity index (χ0) is 22.2. The Morgan fingerprint density at radius 3 is 2.77 bits per heavy atom. The highest BCUT2D eigenvalue weighted by Crippen LogP contribution is 2.60. The molecule has 4 heterocycles. The summed E-state index contributed by atoms with van der Waals surface area (Å²) in [4.78, 5) is 44.0. The average molecular weight is 449 g/mol. The van der Waals surface area contributed by atoms with Crippen molar-refractivity contribution in [1.82, 2.24) is 9.80 Å². The molecular weight excluding hydrogens is 416 g/mol. The number of ether oxygens (including phenoxy) is 1. The molecule has 4 rings (SSSR count). The van der Waals surface area contributed by atoms with Gasteiger partial charge < -0.3 is 19.6 Å². The number of hydrogen-bond acceptors (Lipinski definition) is 6. The molecule has 0 aliphatic carbocycles. The molecule has 1 N–H and O–H groups in total. The van der Waals surface area contributed by atoms with Crippen molar-refractivity contribution in [3.8, 4) is 0 Å². The fourth-order valence-corrected chi connectivity index (χ4v) is 7.38. The van der Waals surface area contributed by atoms with E-state index in [1.807, 2.05) is 32.1 Å². The predicted molar refractivity (Wildman–Crippen MR) is 118 cm³/mol. The minimum absolute atomic E-state index is 0.00175. The second kappa shape index (κ2) is 8.98. The Labute approximate surface area is 187 Å². The van der Waals surface area contributed by atoms with Gasteiger partial charge in [-0.15, -0.1) is 11.8 Å². The quantitative estimate of drug-likeness (QED) is 0.521. The van der Waals surface area contributed by atoms with Crippen LogP contribution in [0, 0.1) is 11.8 Å². The lowest BCUT2D eigenvalue weighted by molar-refractivity contribution is -0.153. The number of carbonyl (C=O) groups excluding carboxylic acids is 3. The molecule has 0 aromatic carbocycles. The van der Waals surface area contributed by atoms with Gasteiger partial charge in [0.1, 0.15) is 6.04 Å². The lowest BCUT2D eigenvalue weighted by atomic mass is 9.78. The van der Waals surface area contributed by atoms with Crippen molar-refractivity contribution in [1.29, 1.82) is 0 Å². The first-order valence-electron chi connectivity index (χ1n) is 11.3. The van der Waals surface area contributed by atoms with E-state index in [0.717, 1.165) is 19.3 Å². The molecule has 7 nitrogen and oxygen atoms in total. The third-order valence-electron chi connectivity index (χ3n) is 6.81. The van der Waals surface area contributed by atoms with Gasteiger partial charge in [-0.2, -0.15) is 0 Å². The van der Waals surface area contributed by atoms with Crippen molar-refractivity contribution >= 4 is 29.5 Å². The van der Waals surface area contributed by atoms with Crippen LogP contribution in [-0.4, -0.2) is 81.1 Å². The van der Waals surface area contributed by atoms with Gasteiger partial charge >= 0.3 is 5.97 Å². The summed E-state index contributed by atoms with van der Waals surface area (Å²) < 4.78 is 4.78. The number of rotatable bonds is 4. The standard InChI is InChI=1S/C23H32N2O5S/c1-15(2)24-11-7-10-23-18(20(27)25(12-8-13-26)19(23)21(24)28)17-16(31-23)9-5-3-4-6-14-30-22(17)29/h5,7,9-10,15-19,26H,3-4,6,8,11-14H2,1-2H3/b9-5-/t16-,17+,18-,19?,23-/m0/s1. The highest BCUT2D eigenvalue weighted by molar-refractivity contribution is 8.02. The minimum Gasteiger partial charge on any atom is -0.465 e. The average Bonchev–Trinajstić information content (AvgIpc) is 3.11. The molecule has 2 saturated heterocycles. The number of likely N-dealkylation sites (tertiary alicyclic amines) is 1. The summed E-state index contributed by atoms with van der Waals surface area (Å²) >= 11 is 1.56. The summed E-state index contributed by atoms with van der Waals surface area (Å²) in [5.74, 6) is -1.86. The van der Waals surface area contributed by atoms with Crippen LogP contribution >= 0.6 is 11.8 Å². The largest absolute Gasteiger partial charge is 0.465 e. The number of esters is 1. The van der Waals surface area contributed by atoms with Gasteiger partial charge in [-0.1, -0.05) is 24.3 Å². The maximum absolute atomic E-state index is 13.7. The Balaban J connectivity index is 1.80. The minimum atomic E-state index is -0.806. The molecule has 0 bridgehead atoms. The van der Waals surface area contributed by atoms with E-state index in [1.165, 1.54) is 0 Å². The zero-order valence-corrected chi connectivity index (χ0v) is 19.1. The smallest absolute Gasteiger partial charge is 0.311 e. The molecule has 170 valence electrons. The van der Waals surface area contributed by atoms with Gasteiger partial charge in [-0.25, -0.2) is 0 Å². The molecule has 2 amide bonds. The molecular formula is C23H32N2O5S. The summed E-state index contributed by atoms with van der Waals surface area (Å²) in [6.45, 7) is 5.03. The van der Waals surface area contributed by atoms with Crippen LogP contribution in [0.25, 0.3) is 0 Å². The fraction of sp³-hybridized carbons (Fsp3) is 0.696. The highest BCUT2D eigenvalue weighted by Gasteiger charge is 2.70. The van der Waals surface area contributed by atoms with Crippen molar-refractivity contribution in [2.45, 2.75) is 61.6 Å². The molecule has 0 saturated carbocycles. The van der Waals surface area contributed by atoms with Gasteiger partial charge in [0, 0.05) is 31.0 Å². The van der Waals surface area contributed by atoms with E-state index in [1.54, 1.807) is 21.6 Å². The van der Waals surface area contributed by atoms with Crippen LogP contribution in [0.1, 0.15) is 39.5 Å². The normalized spacial score (nSPS) is 36.7. The summed E-state index contributed by atoms with van der Waals surface area (Å²) in [5.41, 5.74) is 0. The van der Waals surface area contributed by atoms with Crippen LogP contribution < -0.4 is 0 Å². The second-order valence-electron chi connectivity index (χ2n) is 9.03. The molecule has 1 unspecified atom stereocenters. The van der Waals surface area contributed by atoms with Crippen molar-refractivity contribution < 1.29 is 24.2 Å². The van der Waals surface area contributed by atoms with E-state index in [4.69, 9.17) is 4.74 Å². The Bertz CT molecular complexity index is 797. The maximum atomic E-state index is 13.7. The third kappa shape index (κ3) is 3.71. The van der Waals surface area contributed by atoms with E-state index in [-0.39, 0.29) is 35.7 Å². The van der Waals surface area contributed by atoms with Crippen LogP contribution in [-0.2, 0) is 19.1 Å². The molecule has 1 spiro atoms. The Morgan fingerprint density at radius 1 is 1.23 bits per heavy atom. The molecule has 4 aliphatic rings. The Hall–Kier alpha value is -1.80. The van der Waals surface area contributed by atoms with Crippen LogP contribution in [0.3, 0.4) is 0 Å². The first kappa shape index (κ1) is 22.4. The van der Waals surface area contributed by atoms with Crippen LogP contribution in [0.5, 0.6) is 0 Å². The molecule has 0 radical (unpaired) electrons. The van der Waals surface area contributed by atoms with E-state index >= 15 is 0 Å². The van der Waals surface area contributed by atoms with Crippen molar-refractivity contribution in [2.24, 2.45) is 11.8 Å². The summed E-state index contributed by atoms with van der Waals surface area (Å²) in [6.07, 6.45) is 11.2. The first-order chi connectivity index (χ1) is 14.9. The lowest BCUT2D eigenvalue weighted by Gasteiger charge is -2.36. The Morgan fingerprint density at radius 2 is 2.03 bits per heavy atom. The fourth-order valence-electron chi connectivity index (χ4n) is 5.38. The van der Waals surface area contributed by atoms with E-state index in [0.29, 0.717) is 26.1 Å². The summed E-state index contributed by atoms with van der Waals surface area (Å²) in [6, 6.07) is -0.681. The molecule has 8 heteroatoms. The van der Waals surface area contributed by atoms with Gasteiger partial charge in [0.25, 0.3) is 0 Å². The number of cyclic esters (lactones) is 1. The van der Waals surface area contributed by atoms with Crippen LogP contribution in [0.2, 0.25) is 0 Å².